The van der Waals surface area contributed by atoms with Gasteiger partial charge in [0.25, 0.3) is 5.91 Å². The van der Waals surface area contributed by atoms with Crippen LogP contribution in [0.15, 0.2) is 30.3 Å². The van der Waals surface area contributed by atoms with Gasteiger partial charge in [0.05, 0.1) is 24.5 Å². The molecule has 0 saturated heterocycles. The highest BCUT2D eigenvalue weighted by Crippen LogP contribution is 2.37. The first-order chi connectivity index (χ1) is 12.3. The Kier molecular flexibility index (Phi) is 6.07. The van der Waals surface area contributed by atoms with Gasteiger partial charge in [0, 0.05) is 5.69 Å². The number of rotatable bonds is 6. The van der Waals surface area contributed by atoms with Gasteiger partial charge in [0.1, 0.15) is 11.3 Å². The lowest BCUT2D eigenvalue weighted by atomic mass is 10.1. The van der Waals surface area contributed by atoms with Gasteiger partial charge in [-0.2, -0.15) is 13.2 Å². The van der Waals surface area contributed by atoms with Crippen LogP contribution in [-0.4, -0.2) is 24.1 Å². The predicted molar refractivity (Wildman–Crippen MR) is 90.7 cm³/mol. The van der Waals surface area contributed by atoms with E-state index < -0.39 is 17.6 Å². The smallest absolute Gasteiger partial charge is 0.418 e. The van der Waals surface area contributed by atoms with E-state index in [2.05, 4.69) is 10.3 Å². The molecule has 0 unspecified atom stereocenters. The second kappa shape index (κ2) is 8.07. The van der Waals surface area contributed by atoms with Gasteiger partial charge in [0.15, 0.2) is 0 Å². The number of halogens is 3. The summed E-state index contributed by atoms with van der Waals surface area (Å²) in [6, 6.07) is 6.43. The van der Waals surface area contributed by atoms with E-state index in [0.717, 1.165) is 12.1 Å². The number of anilines is 1. The van der Waals surface area contributed by atoms with E-state index >= 15 is 0 Å². The standard InChI is InChI=1S/C18H19F3N2O3/c1-4-25-12-7-9-15(14(10-12)18(19,20)21)23-16(24)13-8-6-11(3)22-17(13)26-5-2/h6-10H,4-5H2,1-3H3,(H,23,24). The fourth-order valence-electron chi connectivity index (χ4n) is 2.27. The Morgan fingerprint density at radius 3 is 2.42 bits per heavy atom. The van der Waals surface area contributed by atoms with Crippen molar-refractivity contribution < 1.29 is 27.4 Å². The van der Waals surface area contributed by atoms with Crippen molar-refractivity contribution in [3.63, 3.8) is 0 Å². The number of hydrogen-bond acceptors (Lipinski definition) is 4. The van der Waals surface area contributed by atoms with Crippen LogP contribution in [0, 0.1) is 6.92 Å². The number of amides is 1. The van der Waals surface area contributed by atoms with E-state index in [1.165, 1.54) is 12.1 Å². The van der Waals surface area contributed by atoms with E-state index in [1.54, 1.807) is 26.8 Å². The maximum Gasteiger partial charge on any atom is 0.418 e. The highest BCUT2D eigenvalue weighted by atomic mass is 19.4. The van der Waals surface area contributed by atoms with Crippen molar-refractivity contribution in [2.45, 2.75) is 26.9 Å². The molecule has 1 amide bonds. The zero-order chi connectivity index (χ0) is 19.3. The molecule has 26 heavy (non-hydrogen) atoms. The Labute approximate surface area is 149 Å². The Bertz CT molecular complexity index is 792. The molecule has 0 atom stereocenters. The van der Waals surface area contributed by atoms with Crippen molar-refractivity contribution in [2.75, 3.05) is 18.5 Å². The zero-order valence-corrected chi connectivity index (χ0v) is 14.6. The number of alkyl halides is 3. The number of carbonyl (C=O) groups excluding carboxylic acids is 1. The third-order valence-corrected chi connectivity index (χ3v) is 3.38. The van der Waals surface area contributed by atoms with E-state index in [-0.39, 0.29) is 36.1 Å². The van der Waals surface area contributed by atoms with E-state index in [0.29, 0.717) is 5.69 Å². The molecule has 2 aromatic rings. The summed E-state index contributed by atoms with van der Waals surface area (Å²) in [6.45, 7) is 5.62. The molecule has 0 aliphatic rings. The number of benzene rings is 1. The normalized spacial score (nSPS) is 11.2. The lowest BCUT2D eigenvalue weighted by Gasteiger charge is -2.16. The largest absolute Gasteiger partial charge is 0.494 e. The summed E-state index contributed by atoms with van der Waals surface area (Å²) in [6.07, 6.45) is -4.65. The zero-order valence-electron chi connectivity index (χ0n) is 14.6. The maximum absolute atomic E-state index is 13.3. The van der Waals surface area contributed by atoms with E-state index in [4.69, 9.17) is 9.47 Å². The van der Waals surface area contributed by atoms with Crippen molar-refractivity contribution in [2.24, 2.45) is 0 Å². The molecule has 0 fully saturated rings. The van der Waals surface area contributed by atoms with Crippen LogP contribution >= 0.6 is 0 Å². The molecular weight excluding hydrogens is 349 g/mol. The molecule has 1 aromatic carbocycles. The van der Waals surface area contributed by atoms with Gasteiger partial charge < -0.3 is 14.8 Å². The monoisotopic (exact) mass is 368 g/mol. The molecule has 0 radical (unpaired) electrons. The number of aromatic nitrogens is 1. The van der Waals surface area contributed by atoms with Crippen molar-refractivity contribution in [1.29, 1.82) is 0 Å². The molecule has 8 heteroatoms. The Morgan fingerprint density at radius 2 is 1.81 bits per heavy atom. The summed E-state index contributed by atoms with van der Waals surface area (Å²) in [4.78, 5) is 16.6. The van der Waals surface area contributed by atoms with Crippen molar-refractivity contribution in [3.8, 4) is 11.6 Å². The number of pyridine rings is 1. The summed E-state index contributed by atoms with van der Waals surface area (Å²) in [5.74, 6) is -0.593. The number of carbonyl (C=O) groups is 1. The van der Waals surface area contributed by atoms with Crippen molar-refractivity contribution in [1.82, 2.24) is 4.98 Å². The average molecular weight is 368 g/mol. The molecule has 5 nitrogen and oxygen atoms in total. The highest BCUT2D eigenvalue weighted by Gasteiger charge is 2.34. The average Bonchev–Trinajstić information content (AvgIpc) is 2.56. The molecule has 2 rings (SSSR count). The molecule has 0 saturated carbocycles. The quantitative estimate of drug-likeness (QED) is 0.818. The Balaban J connectivity index is 2.37. The van der Waals surface area contributed by atoms with Gasteiger partial charge in [0.2, 0.25) is 5.88 Å². The van der Waals surface area contributed by atoms with Crippen LogP contribution in [0.2, 0.25) is 0 Å². The van der Waals surface area contributed by atoms with Crippen LogP contribution in [0.25, 0.3) is 0 Å². The van der Waals surface area contributed by atoms with Gasteiger partial charge in [-0.1, -0.05) is 0 Å². The summed E-state index contributed by atoms with van der Waals surface area (Å²) >= 11 is 0. The summed E-state index contributed by atoms with van der Waals surface area (Å²) in [5.41, 5.74) is -0.676. The van der Waals surface area contributed by atoms with E-state index in [1.807, 2.05) is 0 Å². The van der Waals surface area contributed by atoms with Gasteiger partial charge >= 0.3 is 6.18 Å². The third kappa shape index (κ3) is 4.65. The lowest BCUT2D eigenvalue weighted by molar-refractivity contribution is -0.137. The molecule has 1 aromatic heterocycles. The topological polar surface area (TPSA) is 60.5 Å². The Hall–Kier alpha value is -2.77. The van der Waals surface area contributed by atoms with Crippen LogP contribution in [0.4, 0.5) is 18.9 Å². The number of hydrogen-bond donors (Lipinski definition) is 1. The van der Waals surface area contributed by atoms with Crippen LogP contribution in [0.5, 0.6) is 11.6 Å². The fourth-order valence-corrected chi connectivity index (χ4v) is 2.27. The van der Waals surface area contributed by atoms with Crippen molar-refractivity contribution >= 4 is 11.6 Å². The molecule has 0 aliphatic heterocycles. The van der Waals surface area contributed by atoms with E-state index in [9.17, 15) is 18.0 Å². The summed E-state index contributed by atoms with van der Waals surface area (Å²) in [5, 5.41) is 2.29. The maximum atomic E-state index is 13.3. The van der Waals surface area contributed by atoms with Crippen LogP contribution in [0.1, 0.15) is 35.5 Å². The van der Waals surface area contributed by atoms with Gasteiger partial charge in [-0.05, 0) is 51.1 Å². The third-order valence-electron chi connectivity index (χ3n) is 3.38. The fraction of sp³-hybridized carbons (Fsp3) is 0.333. The predicted octanol–water partition coefficient (Wildman–Crippen LogP) is 4.46. The number of aryl methyl sites for hydroxylation is 1. The number of ether oxygens (including phenoxy) is 2. The second-order valence-electron chi connectivity index (χ2n) is 5.33. The van der Waals surface area contributed by atoms with Crippen LogP contribution in [0.3, 0.4) is 0 Å². The number of nitrogens with zero attached hydrogens (tertiary/aromatic N) is 1. The minimum Gasteiger partial charge on any atom is -0.494 e. The van der Waals surface area contributed by atoms with Crippen LogP contribution in [-0.2, 0) is 6.18 Å². The first-order valence-electron chi connectivity index (χ1n) is 8.02. The molecule has 0 spiro atoms. The second-order valence-corrected chi connectivity index (χ2v) is 5.33. The molecule has 1 N–H and O–H groups in total. The van der Waals surface area contributed by atoms with Crippen molar-refractivity contribution in [3.05, 3.63) is 47.2 Å². The first-order valence-corrected chi connectivity index (χ1v) is 8.02. The first kappa shape index (κ1) is 19.6. The minimum atomic E-state index is -4.65. The number of nitrogens with one attached hydrogen (secondary N) is 1. The summed E-state index contributed by atoms with van der Waals surface area (Å²) in [7, 11) is 0. The lowest BCUT2D eigenvalue weighted by Crippen LogP contribution is -2.18. The van der Waals surface area contributed by atoms with Gasteiger partial charge in [-0.3, -0.25) is 4.79 Å². The Morgan fingerprint density at radius 1 is 1.12 bits per heavy atom. The molecule has 140 valence electrons. The SMILES string of the molecule is CCOc1ccc(NC(=O)c2ccc(C)nc2OCC)c(C(F)(F)F)c1. The minimum absolute atomic E-state index is 0.0551. The highest BCUT2D eigenvalue weighted by molar-refractivity contribution is 6.06. The summed E-state index contributed by atoms with van der Waals surface area (Å²) < 4.78 is 50.4. The molecule has 0 aliphatic carbocycles. The molecule has 1 heterocycles. The molecule has 0 bridgehead atoms. The van der Waals surface area contributed by atoms with Gasteiger partial charge in [-0.25, -0.2) is 4.98 Å². The molecular formula is C18H19F3N2O3. The van der Waals surface area contributed by atoms with Gasteiger partial charge in [-0.15, -0.1) is 0 Å². The van der Waals surface area contributed by atoms with Crippen LogP contribution < -0.4 is 14.8 Å².